The first-order valence-corrected chi connectivity index (χ1v) is 7.98. The van der Waals surface area contributed by atoms with Gasteiger partial charge in [-0.15, -0.1) is 0 Å². The molecule has 0 atom stereocenters. The third-order valence-electron chi connectivity index (χ3n) is 3.94. The second-order valence-electron chi connectivity index (χ2n) is 6.11. The van der Waals surface area contributed by atoms with Gasteiger partial charge in [-0.2, -0.15) is 0 Å². The Morgan fingerprint density at radius 2 is 1.86 bits per heavy atom. The van der Waals surface area contributed by atoms with Crippen molar-refractivity contribution in [2.45, 2.75) is 47.2 Å². The van der Waals surface area contributed by atoms with Crippen molar-refractivity contribution in [3.05, 3.63) is 57.4 Å². The molecule has 0 spiro atoms. The number of hydrogen-bond acceptors (Lipinski definition) is 2. The van der Waals surface area contributed by atoms with Gasteiger partial charge in [0.15, 0.2) is 0 Å². The lowest BCUT2D eigenvalue weighted by atomic mass is 10.0. The lowest BCUT2D eigenvalue weighted by Crippen LogP contribution is -2.29. The van der Waals surface area contributed by atoms with Gasteiger partial charge in [-0.3, -0.25) is 4.79 Å². The van der Waals surface area contributed by atoms with E-state index in [1.165, 1.54) is 11.1 Å². The van der Waals surface area contributed by atoms with Crippen LogP contribution in [0.1, 0.15) is 43.5 Å². The molecule has 0 aliphatic carbocycles. The summed E-state index contributed by atoms with van der Waals surface area (Å²) in [6.45, 7) is 11.8. The van der Waals surface area contributed by atoms with Crippen LogP contribution < -0.4 is 10.9 Å². The van der Waals surface area contributed by atoms with Gasteiger partial charge in [0.2, 0.25) is 0 Å². The molecule has 2 aromatic rings. The fourth-order valence-corrected chi connectivity index (χ4v) is 2.82. The molecule has 1 heterocycles. The average Bonchev–Trinajstić information content (AvgIpc) is 2.45. The Kier molecular flexibility index (Phi) is 5.19. The predicted molar refractivity (Wildman–Crippen MR) is 93.4 cm³/mol. The molecule has 0 saturated carbocycles. The van der Waals surface area contributed by atoms with Crippen molar-refractivity contribution in [3.8, 4) is 11.3 Å². The van der Waals surface area contributed by atoms with Crippen LogP contribution in [0.15, 0.2) is 35.1 Å². The van der Waals surface area contributed by atoms with Gasteiger partial charge in [-0.1, -0.05) is 36.8 Å². The molecule has 118 valence electrons. The highest BCUT2D eigenvalue weighted by atomic mass is 16.1. The zero-order chi connectivity index (χ0) is 16.3. The summed E-state index contributed by atoms with van der Waals surface area (Å²) in [5.74, 6) is 0. The molecule has 0 amide bonds. The molecule has 0 fully saturated rings. The fraction of sp³-hybridized carbons (Fsp3) is 0.421. The highest BCUT2D eigenvalue weighted by Crippen LogP contribution is 2.25. The summed E-state index contributed by atoms with van der Waals surface area (Å²) in [4.78, 5) is 12.8. The molecular weight excluding hydrogens is 272 g/mol. The van der Waals surface area contributed by atoms with Gasteiger partial charge in [0.25, 0.3) is 5.56 Å². The Balaban J connectivity index is 2.61. The van der Waals surface area contributed by atoms with E-state index in [2.05, 4.69) is 57.3 Å². The van der Waals surface area contributed by atoms with Crippen LogP contribution >= 0.6 is 0 Å². The highest BCUT2D eigenvalue weighted by Gasteiger charge is 2.14. The smallest absolute Gasteiger partial charge is 0.255 e. The first-order valence-electron chi connectivity index (χ1n) is 7.98. The Morgan fingerprint density at radius 3 is 2.45 bits per heavy atom. The van der Waals surface area contributed by atoms with Crippen molar-refractivity contribution in [2.24, 2.45) is 0 Å². The predicted octanol–water partition coefficient (Wildman–Crippen LogP) is 3.82. The summed E-state index contributed by atoms with van der Waals surface area (Å²) < 4.78 is 1.91. The highest BCUT2D eigenvalue weighted by molar-refractivity contribution is 5.64. The van der Waals surface area contributed by atoms with E-state index >= 15 is 0 Å². The third-order valence-corrected chi connectivity index (χ3v) is 3.94. The zero-order valence-electron chi connectivity index (χ0n) is 14.2. The van der Waals surface area contributed by atoms with E-state index in [9.17, 15) is 4.79 Å². The molecule has 1 N–H and O–H groups in total. The Morgan fingerprint density at radius 1 is 1.14 bits per heavy atom. The summed E-state index contributed by atoms with van der Waals surface area (Å²) in [7, 11) is 0. The van der Waals surface area contributed by atoms with Gasteiger partial charge in [0, 0.05) is 23.7 Å². The van der Waals surface area contributed by atoms with E-state index in [0.29, 0.717) is 6.54 Å². The minimum absolute atomic E-state index is 0.105. The molecule has 0 bridgehead atoms. The zero-order valence-corrected chi connectivity index (χ0v) is 14.2. The molecule has 1 aromatic carbocycles. The van der Waals surface area contributed by atoms with Crippen molar-refractivity contribution in [3.63, 3.8) is 0 Å². The van der Waals surface area contributed by atoms with E-state index in [4.69, 9.17) is 0 Å². The van der Waals surface area contributed by atoms with Crippen LogP contribution in [0.25, 0.3) is 11.3 Å². The van der Waals surface area contributed by atoms with Crippen molar-refractivity contribution >= 4 is 0 Å². The normalized spacial score (nSPS) is 11.2. The van der Waals surface area contributed by atoms with E-state index in [1.54, 1.807) is 0 Å². The number of nitrogens with zero attached hydrogens (tertiary/aromatic N) is 1. The van der Waals surface area contributed by atoms with Gasteiger partial charge in [0.05, 0.1) is 5.69 Å². The fourth-order valence-electron chi connectivity index (χ4n) is 2.82. The Hall–Kier alpha value is -1.87. The lowest BCUT2D eigenvalue weighted by Gasteiger charge is -2.19. The molecule has 0 unspecified atom stereocenters. The molecule has 0 aliphatic rings. The monoisotopic (exact) mass is 298 g/mol. The number of benzene rings is 1. The van der Waals surface area contributed by atoms with Gasteiger partial charge in [-0.25, -0.2) is 0 Å². The van der Waals surface area contributed by atoms with E-state index in [-0.39, 0.29) is 11.6 Å². The summed E-state index contributed by atoms with van der Waals surface area (Å²) in [6.07, 6.45) is 0. The second-order valence-corrected chi connectivity index (χ2v) is 6.11. The first kappa shape index (κ1) is 16.5. The minimum Gasteiger partial charge on any atom is -0.313 e. The summed E-state index contributed by atoms with van der Waals surface area (Å²) >= 11 is 0. The van der Waals surface area contributed by atoms with E-state index in [1.807, 2.05) is 17.6 Å². The second kappa shape index (κ2) is 6.93. The molecule has 2 rings (SSSR count). The van der Waals surface area contributed by atoms with E-state index < -0.39 is 0 Å². The van der Waals surface area contributed by atoms with Crippen molar-refractivity contribution in [2.75, 3.05) is 6.54 Å². The van der Waals surface area contributed by atoms with Crippen LogP contribution in [0.2, 0.25) is 0 Å². The molecule has 0 radical (unpaired) electrons. The topological polar surface area (TPSA) is 34.0 Å². The minimum atomic E-state index is 0.105. The average molecular weight is 298 g/mol. The van der Waals surface area contributed by atoms with Crippen molar-refractivity contribution < 1.29 is 0 Å². The van der Waals surface area contributed by atoms with Crippen molar-refractivity contribution in [1.82, 2.24) is 9.88 Å². The maximum Gasteiger partial charge on any atom is 0.255 e. The number of rotatable bonds is 5. The van der Waals surface area contributed by atoms with Crippen LogP contribution in [0.4, 0.5) is 0 Å². The Bertz CT molecular complexity index is 714. The summed E-state index contributed by atoms with van der Waals surface area (Å²) in [6, 6.07) is 10.5. The first-order chi connectivity index (χ1) is 10.5. The summed E-state index contributed by atoms with van der Waals surface area (Å²) in [5.41, 5.74) is 5.50. The lowest BCUT2D eigenvalue weighted by molar-refractivity contribution is 0.575. The molecule has 0 saturated heterocycles. The third kappa shape index (κ3) is 3.30. The molecule has 3 heteroatoms. The maximum absolute atomic E-state index is 12.8. The quantitative estimate of drug-likeness (QED) is 0.910. The molecule has 22 heavy (non-hydrogen) atoms. The SMILES string of the molecule is CCNCc1ccc(-c2ccc(C)cc2C)n(C(C)C)c1=O. The molecule has 3 nitrogen and oxygen atoms in total. The number of aryl methyl sites for hydroxylation is 2. The van der Waals surface area contributed by atoms with Crippen molar-refractivity contribution in [1.29, 1.82) is 0 Å². The van der Waals surface area contributed by atoms with Crippen LogP contribution in [0.5, 0.6) is 0 Å². The molecular formula is C19H26N2O. The summed E-state index contributed by atoms with van der Waals surface area (Å²) in [5, 5.41) is 3.24. The number of aromatic nitrogens is 1. The van der Waals surface area contributed by atoms with Gasteiger partial charge in [0.1, 0.15) is 0 Å². The number of hydrogen-bond donors (Lipinski definition) is 1. The van der Waals surface area contributed by atoms with Crippen LogP contribution in [0.3, 0.4) is 0 Å². The van der Waals surface area contributed by atoms with Crippen LogP contribution in [-0.4, -0.2) is 11.1 Å². The van der Waals surface area contributed by atoms with Crippen LogP contribution in [0, 0.1) is 13.8 Å². The largest absolute Gasteiger partial charge is 0.313 e. The molecule has 1 aromatic heterocycles. The van der Waals surface area contributed by atoms with Gasteiger partial charge < -0.3 is 9.88 Å². The molecule has 0 aliphatic heterocycles. The number of pyridine rings is 1. The van der Waals surface area contributed by atoms with Gasteiger partial charge in [-0.05, 0) is 45.9 Å². The van der Waals surface area contributed by atoms with Gasteiger partial charge >= 0.3 is 0 Å². The number of nitrogens with one attached hydrogen (secondary N) is 1. The van der Waals surface area contributed by atoms with E-state index in [0.717, 1.165) is 23.4 Å². The Labute approximate surface area is 133 Å². The van der Waals surface area contributed by atoms with Crippen LogP contribution in [-0.2, 0) is 6.54 Å². The maximum atomic E-state index is 12.8. The standard InChI is InChI=1S/C19H26N2O/c1-6-20-12-16-8-10-18(21(13(2)3)19(16)22)17-9-7-14(4)11-15(17)5/h7-11,13,20H,6,12H2,1-5H3.